The number of hydrogen-bond donors (Lipinski definition) is 1. The highest BCUT2D eigenvalue weighted by Gasteiger charge is 2.12. The molecule has 0 saturated carbocycles. The van der Waals surface area contributed by atoms with E-state index >= 15 is 0 Å². The van der Waals surface area contributed by atoms with E-state index in [2.05, 4.69) is 4.98 Å². The zero-order valence-corrected chi connectivity index (χ0v) is 11.6. The average Bonchev–Trinajstić information content (AvgIpc) is 2.46. The number of nitrogen functional groups attached to an aromatic ring is 1. The number of nitrogens with two attached hydrogens (primary N) is 1. The first kappa shape index (κ1) is 14.1. The van der Waals surface area contributed by atoms with Crippen LogP contribution in [0.5, 0.6) is 5.75 Å². The maximum Gasteiger partial charge on any atom is 0.270 e. The quantitative estimate of drug-likeness (QED) is 0.517. The predicted molar refractivity (Wildman–Crippen MR) is 77.9 cm³/mol. The van der Waals surface area contributed by atoms with Crippen LogP contribution in [0.4, 0.5) is 11.4 Å². The molecule has 2 aromatic rings. The van der Waals surface area contributed by atoms with Gasteiger partial charge >= 0.3 is 0 Å². The Balaban J connectivity index is 2.22. The maximum absolute atomic E-state index is 10.8. The first-order valence-electron chi connectivity index (χ1n) is 5.76. The number of nitro benzene ring substituents is 1. The molecule has 0 aliphatic rings. The van der Waals surface area contributed by atoms with Crippen LogP contribution in [0.2, 0.25) is 0 Å². The number of thioether (sulfide) groups is 1. The van der Waals surface area contributed by atoms with E-state index in [4.69, 9.17) is 10.5 Å². The van der Waals surface area contributed by atoms with E-state index in [1.165, 1.54) is 31.0 Å². The van der Waals surface area contributed by atoms with Crippen molar-refractivity contribution in [2.24, 2.45) is 0 Å². The molecule has 0 bridgehead atoms. The second-order valence-electron chi connectivity index (χ2n) is 3.94. The van der Waals surface area contributed by atoms with Crippen molar-refractivity contribution in [2.45, 2.75) is 10.8 Å². The lowest BCUT2D eigenvalue weighted by Gasteiger charge is -2.08. The molecular weight excluding hydrogens is 278 g/mol. The Morgan fingerprint density at radius 1 is 1.45 bits per heavy atom. The van der Waals surface area contributed by atoms with Crippen molar-refractivity contribution in [3.8, 4) is 5.75 Å². The van der Waals surface area contributed by atoms with Crippen molar-refractivity contribution in [1.29, 1.82) is 0 Å². The topological polar surface area (TPSA) is 91.3 Å². The van der Waals surface area contributed by atoms with E-state index in [0.29, 0.717) is 22.2 Å². The van der Waals surface area contributed by atoms with Crippen molar-refractivity contribution >= 4 is 23.1 Å². The van der Waals surface area contributed by atoms with Crippen molar-refractivity contribution in [3.05, 3.63) is 52.2 Å². The van der Waals surface area contributed by atoms with Crippen molar-refractivity contribution in [3.63, 3.8) is 0 Å². The number of nitro groups is 1. The van der Waals surface area contributed by atoms with Gasteiger partial charge in [0, 0.05) is 29.6 Å². The molecule has 0 aliphatic heterocycles. The molecule has 0 saturated heterocycles. The third-order valence-corrected chi connectivity index (χ3v) is 3.71. The van der Waals surface area contributed by atoms with Crippen molar-refractivity contribution in [2.75, 3.05) is 12.8 Å². The van der Waals surface area contributed by atoms with Gasteiger partial charge < -0.3 is 10.5 Å². The Morgan fingerprint density at radius 2 is 2.25 bits per heavy atom. The molecule has 1 heterocycles. The number of ether oxygens (including phenoxy) is 1. The Labute approximate surface area is 120 Å². The second kappa shape index (κ2) is 6.25. The number of hydrogen-bond acceptors (Lipinski definition) is 6. The van der Waals surface area contributed by atoms with E-state index < -0.39 is 4.92 Å². The van der Waals surface area contributed by atoms with Gasteiger partial charge in [0.25, 0.3) is 5.69 Å². The molecular formula is C13H13N3O3S. The minimum atomic E-state index is -0.428. The largest absolute Gasteiger partial charge is 0.496 e. The first-order chi connectivity index (χ1) is 9.61. The van der Waals surface area contributed by atoms with Gasteiger partial charge in [-0.05, 0) is 18.2 Å². The Bertz CT molecular complexity index is 634. The van der Waals surface area contributed by atoms with Crippen LogP contribution in [0, 0.1) is 10.1 Å². The summed E-state index contributed by atoms with van der Waals surface area (Å²) in [5.41, 5.74) is 7.17. The summed E-state index contributed by atoms with van der Waals surface area (Å²) in [6.07, 6.45) is 1.66. The van der Waals surface area contributed by atoms with Crippen LogP contribution in [0.1, 0.15) is 5.56 Å². The highest BCUT2D eigenvalue weighted by atomic mass is 32.2. The first-order valence-corrected chi connectivity index (χ1v) is 6.75. The molecule has 0 atom stereocenters. The Morgan fingerprint density at radius 3 is 2.90 bits per heavy atom. The molecule has 20 heavy (non-hydrogen) atoms. The number of benzene rings is 1. The van der Waals surface area contributed by atoms with Crippen LogP contribution in [0.15, 0.2) is 41.6 Å². The zero-order valence-electron chi connectivity index (χ0n) is 10.8. The normalized spacial score (nSPS) is 10.2. The van der Waals surface area contributed by atoms with Gasteiger partial charge in [-0.2, -0.15) is 0 Å². The van der Waals surface area contributed by atoms with Gasteiger partial charge in [0.15, 0.2) is 0 Å². The van der Waals surface area contributed by atoms with Gasteiger partial charge in [0.05, 0.1) is 17.7 Å². The van der Waals surface area contributed by atoms with E-state index in [-0.39, 0.29) is 5.69 Å². The lowest BCUT2D eigenvalue weighted by molar-refractivity contribution is -0.384. The molecule has 7 heteroatoms. The fourth-order valence-corrected chi connectivity index (χ4v) is 2.55. The second-order valence-corrected chi connectivity index (χ2v) is 4.90. The van der Waals surface area contributed by atoms with Crippen molar-refractivity contribution in [1.82, 2.24) is 4.98 Å². The third-order valence-electron chi connectivity index (χ3n) is 2.64. The molecule has 0 fully saturated rings. The fraction of sp³-hybridized carbons (Fsp3) is 0.154. The molecule has 2 rings (SSSR count). The Hall–Kier alpha value is -2.28. The van der Waals surface area contributed by atoms with Gasteiger partial charge in [-0.25, -0.2) is 4.98 Å². The lowest BCUT2D eigenvalue weighted by Crippen LogP contribution is -1.95. The van der Waals surface area contributed by atoms with Crippen LogP contribution in [0.3, 0.4) is 0 Å². The SMILES string of the molecule is COc1ccc([N+](=O)[O-])cc1CSc1ncccc1N. The number of anilines is 1. The lowest BCUT2D eigenvalue weighted by atomic mass is 10.2. The van der Waals surface area contributed by atoms with Gasteiger partial charge in [-0.1, -0.05) is 11.8 Å². The molecule has 0 unspecified atom stereocenters. The van der Waals surface area contributed by atoms with Crippen LogP contribution in [-0.2, 0) is 5.75 Å². The van der Waals surface area contributed by atoms with Gasteiger partial charge in [-0.15, -0.1) is 0 Å². The molecule has 2 N–H and O–H groups in total. The highest BCUT2D eigenvalue weighted by Crippen LogP contribution is 2.31. The summed E-state index contributed by atoms with van der Waals surface area (Å²) in [6, 6.07) is 8.04. The van der Waals surface area contributed by atoms with Crippen LogP contribution >= 0.6 is 11.8 Å². The van der Waals surface area contributed by atoms with Gasteiger partial charge in [0.2, 0.25) is 0 Å². The van der Waals surface area contributed by atoms with E-state index in [0.717, 1.165) is 5.56 Å². The number of non-ortho nitro benzene ring substituents is 1. The minimum Gasteiger partial charge on any atom is -0.496 e. The van der Waals surface area contributed by atoms with Gasteiger partial charge in [0.1, 0.15) is 10.8 Å². The predicted octanol–water partition coefficient (Wildman–Crippen LogP) is 2.87. The molecule has 0 amide bonds. The van der Waals surface area contributed by atoms with E-state index in [9.17, 15) is 10.1 Å². The van der Waals surface area contributed by atoms with E-state index in [1.807, 2.05) is 0 Å². The molecule has 6 nitrogen and oxygen atoms in total. The summed E-state index contributed by atoms with van der Waals surface area (Å²) in [7, 11) is 1.53. The fourth-order valence-electron chi connectivity index (χ4n) is 1.66. The number of pyridine rings is 1. The standard InChI is InChI=1S/C13H13N3O3S/c1-19-12-5-4-10(16(17)18)7-9(12)8-20-13-11(14)3-2-6-15-13/h2-7H,8,14H2,1H3. The summed E-state index contributed by atoms with van der Waals surface area (Å²) < 4.78 is 5.21. The number of rotatable bonds is 5. The Kier molecular flexibility index (Phi) is 4.41. The molecule has 1 aromatic carbocycles. The molecule has 0 aliphatic carbocycles. The maximum atomic E-state index is 10.8. The summed E-state index contributed by atoms with van der Waals surface area (Å²) in [6.45, 7) is 0. The zero-order chi connectivity index (χ0) is 14.5. The van der Waals surface area contributed by atoms with Crippen LogP contribution in [0.25, 0.3) is 0 Å². The molecule has 104 valence electrons. The summed E-state index contributed by atoms with van der Waals surface area (Å²) in [4.78, 5) is 14.5. The summed E-state index contributed by atoms with van der Waals surface area (Å²) in [5, 5.41) is 11.5. The average molecular weight is 291 g/mol. The van der Waals surface area contributed by atoms with Crippen molar-refractivity contribution < 1.29 is 9.66 Å². The summed E-state index contributed by atoms with van der Waals surface area (Å²) >= 11 is 1.41. The summed E-state index contributed by atoms with van der Waals surface area (Å²) in [5.74, 6) is 1.10. The van der Waals surface area contributed by atoms with Gasteiger partial charge in [-0.3, -0.25) is 10.1 Å². The van der Waals surface area contributed by atoms with Crippen LogP contribution in [-0.4, -0.2) is 17.0 Å². The smallest absolute Gasteiger partial charge is 0.270 e. The molecule has 0 spiro atoms. The minimum absolute atomic E-state index is 0.0374. The monoisotopic (exact) mass is 291 g/mol. The molecule has 0 radical (unpaired) electrons. The van der Waals surface area contributed by atoms with Crippen LogP contribution < -0.4 is 10.5 Å². The number of methoxy groups -OCH3 is 1. The molecule has 1 aromatic heterocycles. The van der Waals surface area contributed by atoms with E-state index in [1.54, 1.807) is 24.4 Å². The third kappa shape index (κ3) is 3.18. The number of nitrogens with zero attached hydrogens (tertiary/aromatic N) is 2. The highest BCUT2D eigenvalue weighted by molar-refractivity contribution is 7.98. The number of aromatic nitrogens is 1.